The lowest BCUT2D eigenvalue weighted by molar-refractivity contribution is -0.140. The molecule has 1 N–H and O–H groups in total. The van der Waals surface area contributed by atoms with Crippen molar-refractivity contribution >= 4 is 11.9 Å². The van der Waals surface area contributed by atoms with E-state index in [1.165, 1.54) is 6.92 Å². The topological polar surface area (TPSA) is 63.6 Å². The fraction of sp³-hybridized carbons (Fsp3) is 0.250. The van der Waals surface area contributed by atoms with Crippen molar-refractivity contribution in [1.82, 2.24) is 0 Å². The van der Waals surface area contributed by atoms with Gasteiger partial charge in [0.2, 0.25) is 0 Å². The molecule has 0 aromatic rings. The molecule has 0 bridgehead atoms. The van der Waals surface area contributed by atoms with Crippen LogP contribution in [0.25, 0.3) is 0 Å². The van der Waals surface area contributed by atoms with Gasteiger partial charge in [-0.1, -0.05) is 5.92 Å². The summed E-state index contributed by atoms with van der Waals surface area (Å²) in [5, 5.41) is 8.12. The molecule has 4 nitrogen and oxygen atoms in total. The summed E-state index contributed by atoms with van der Waals surface area (Å²) in [6.45, 7) is 1.51. The summed E-state index contributed by atoms with van der Waals surface area (Å²) in [5.74, 6) is 0.190. The van der Waals surface area contributed by atoms with Crippen molar-refractivity contribution in [2.24, 2.45) is 0 Å². The number of ether oxygens (including phenoxy) is 1. The van der Waals surface area contributed by atoms with Crippen LogP contribution in [0.2, 0.25) is 0 Å². The van der Waals surface area contributed by atoms with Gasteiger partial charge in [0.25, 0.3) is 0 Å². The highest BCUT2D eigenvalue weighted by Crippen LogP contribution is 1.89. The van der Waals surface area contributed by atoms with Gasteiger partial charge in [-0.05, 0) is 6.92 Å². The third-order valence-corrected chi connectivity index (χ3v) is 0.890. The van der Waals surface area contributed by atoms with E-state index < -0.39 is 18.0 Å². The Bertz CT molecular complexity index is 246. The van der Waals surface area contributed by atoms with Crippen molar-refractivity contribution in [1.29, 1.82) is 0 Å². The Hall–Kier alpha value is -1.76. The smallest absolute Gasteiger partial charge is 0.332 e. The molecule has 1 atom stereocenters. The van der Waals surface area contributed by atoms with E-state index in [1.54, 1.807) is 0 Å². The Morgan fingerprint density at radius 1 is 1.58 bits per heavy atom. The largest absolute Gasteiger partial charge is 0.478 e. The van der Waals surface area contributed by atoms with Crippen LogP contribution in [0.15, 0.2) is 12.2 Å². The van der Waals surface area contributed by atoms with Gasteiger partial charge in [-0.15, -0.1) is 6.42 Å². The summed E-state index contributed by atoms with van der Waals surface area (Å²) in [5.41, 5.74) is 0. The number of hydrogen-bond donors (Lipinski definition) is 1. The van der Waals surface area contributed by atoms with Gasteiger partial charge in [-0.3, -0.25) is 0 Å². The molecular formula is C8H8O4. The average Bonchev–Trinajstić information content (AvgIpc) is 2.00. The molecule has 12 heavy (non-hydrogen) atoms. The second kappa shape index (κ2) is 4.97. The molecule has 0 saturated heterocycles. The molecule has 0 aliphatic rings. The number of carboxylic acids is 1. The van der Waals surface area contributed by atoms with Crippen molar-refractivity contribution in [3.8, 4) is 12.3 Å². The lowest BCUT2D eigenvalue weighted by atomic mass is 10.4. The Kier molecular flexibility index (Phi) is 4.24. The number of esters is 1. The van der Waals surface area contributed by atoms with Crippen molar-refractivity contribution in [2.75, 3.05) is 0 Å². The molecule has 64 valence electrons. The highest BCUT2D eigenvalue weighted by atomic mass is 16.5. The number of terminal acetylenes is 1. The molecule has 0 rings (SSSR count). The first-order valence-electron chi connectivity index (χ1n) is 3.14. The van der Waals surface area contributed by atoms with E-state index in [0.29, 0.717) is 6.08 Å². The number of carbonyl (C=O) groups is 2. The number of hydrogen-bond acceptors (Lipinski definition) is 3. The Morgan fingerprint density at radius 2 is 2.17 bits per heavy atom. The Morgan fingerprint density at radius 3 is 2.58 bits per heavy atom. The van der Waals surface area contributed by atoms with E-state index in [9.17, 15) is 9.59 Å². The SMILES string of the molecule is C#CC(C)OC(=O)/C=C/C(=O)O. The molecule has 0 fully saturated rings. The van der Waals surface area contributed by atoms with Crippen LogP contribution in [-0.2, 0) is 14.3 Å². The van der Waals surface area contributed by atoms with Crippen LogP contribution in [0.5, 0.6) is 0 Å². The minimum atomic E-state index is -1.21. The van der Waals surface area contributed by atoms with Gasteiger partial charge in [-0.25, -0.2) is 9.59 Å². The first-order valence-corrected chi connectivity index (χ1v) is 3.14. The summed E-state index contributed by atoms with van der Waals surface area (Å²) < 4.78 is 4.52. The molecule has 0 spiro atoms. The molecule has 4 heteroatoms. The Balaban J connectivity index is 3.92. The molecule has 0 saturated carbocycles. The number of carboxylic acid groups (broad SMARTS) is 1. The van der Waals surface area contributed by atoms with Crippen molar-refractivity contribution in [3.05, 3.63) is 12.2 Å². The minimum Gasteiger partial charge on any atom is -0.478 e. The van der Waals surface area contributed by atoms with Gasteiger partial charge in [0.1, 0.15) is 0 Å². The fourth-order valence-electron chi connectivity index (χ4n) is 0.387. The highest BCUT2D eigenvalue weighted by molar-refractivity contribution is 5.90. The van der Waals surface area contributed by atoms with Crippen LogP contribution < -0.4 is 0 Å². The van der Waals surface area contributed by atoms with E-state index in [1.807, 2.05) is 0 Å². The third-order valence-electron chi connectivity index (χ3n) is 0.890. The molecule has 0 amide bonds. The van der Waals surface area contributed by atoms with E-state index >= 15 is 0 Å². The minimum absolute atomic E-state index is 0.643. The van der Waals surface area contributed by atoms with E-state index in [-0.39, 0.29) is 0 Å². The summed E-state index contributed by atoms with van der Waals surface area (Å²) in [6, 6.07) is 0. The van der Waals surface area contributed by atoms with Gasteiger partial charge in [0.15, 0.2) is 6.10 Å². The second-order valence-electron chi connectivity index (χ2n) is 1.92. The second-order valence-corrected chi connectivity index (χ2v) is 1.92. The average molecular weight is 168 g/mol. The lowest BCUT2D eigenvalue weighted by Crippen LogP contribution is -2.10. The molecule has 0 aromatic heterocycles. The summed E-state index contributed by atoms with van der Waals surface area (Å²) >= 11 is 0. The van der Waals surface area contributed by atoms with Crippen LogP contribution in [0.1, 0.15) is 6.92 Å². The van der Waals surface area contributed by atoms with Gasteiger partial charge >= 0.3 is 11.9 Å². The van der Waals surface area contributed by atoms with Gasteiger partial charge in [0.05, 0.1) is 0 Å². The zero-order valence-corrected chi connectivity index (χ0v) is 6.48. The van der Waals surface area contributed by atoms with Crippen molar-refractivity contribution < 1.29 is 19.4 Å². The van der Waals surface area contributed by atoms with Gasteiger partial charge < -0.3 is 9.84 Å². The zero-order chi connectivity index (χ0) is 9.56. The van der Waals surface area contributed by atoms with E-state index in [2.05, 4.69) is 10.7 Å². The first kappa shape index (κ1) is 10.2. The van der Waals surface area contributed by atoms with Crippen LogP contribution in [-0.4, -0.2) is 23.1 Å². The van der Waals surface area contributed by atoms with Crippen molar-refractivity contribution in [3.63, 3.8) is 0 Å². The zero-order valence-electron chi connectivity index (χ0n) is 6.48. The molecule has 1 unspecified atom stereocenters. The molecule has 0 aromatic carbocycles. The molecular weight excluding hydrogens is 160 g/mol. The summed E-state index contributed by atoms with van der Waals surface area (Å²) in [4.78, 5) is 20.6. The maximum absolute atomic E-state index is 10.6. The van der Waals surface area contributed by atoms with Gasteiger partial charge in [-0.2, -0.15) is 0 Å². The van der Waals surface area contributed by atoms with E-state index in [4.69, 9.17) is 11.5 Å². The van der Waals surface area contributed by atoms with Crippen LogP contribution in [0, 0.1) is 12.3 Å². The van der Waals surface area contributed by atoms with Crippen LogP contribution in [0.3, 0.4) is 0 Å². The van der Waals surface area contributed by atoms with Crippen LogP contribution in [0.4, 0.5) is 0 Å². The predicted molar refractivity (Wildman–Crippen MR) is 41.2 cm³/mol. The fourth-order valence-corrected chi connectivity index (χ4v) is 0.387. The summed E-state index contributed by atoms with van der Waals surface area (Å²) in [6.07, 6.45) is 5.75. The lowest BCUT2D eigenvalue weighted by Gasteiger charge is -2.02. The molecule has 0 radical (unpaired) electrons. The monoisotopic (exact) mass is 168 g/mol. The number of carbonyl (C=O) groups excluding carboxylic acids is 1. The predicted octanol–water partition coefficient (Wildman–Crippen LogP) is 0.192. The van der Waals surface area contributed by atoms with E-state index in [0.717, 1.165) is 6.08 Å². The molecule has 0 heterocycles. The Labute approximate surface area is 69.8 Å². The molecule has 0 aliphatic heterocycles. The third kappa shape index (κ3) is 5.06. The summed E-state index contributed by atoms with van der Waals surface area (Å²) in [7, 11) is 0. The standard InChI is InChI=1S/C8H8O4/c1-3-6(2)12-8(11)5-4-7(9)10/h1,4-6H,2H3,(H,9,10)/b5-4+. The normalized spacial score (nSPS) is 12.0. The quantitative estimate of drug-likeness (QED) is 0.371. The highest BCUT2D eigenvalue weighted by Gasteiger charge is 2.02. The number of aliphatic carboxylic acids is 1. The number of rotatable bonds is 3. The molecule has 0 aliphatic carbocycles. The van der Waals surface area contributed by atoms with Crippen molar-refractivity contribution in [2.45, 2.75) is 13.0 Å². The maximum Gasteiger partial charge on any atom is 0.332 e. The van der Waals surface area contributed by atoms with Crippen LogP contribution >= 0.6 is 0 Å². The maximum atomic E-state index is 10.6. The first-order chi connectivity index (χ1) is 5.56. The van der Waals surface area contributed by atoms with Gasteiger partial charge in [0, 0.05) is 12.2 Å².